The van der Waals surface area contributed by atoms with Crippen molar-refractivity contribution in [3.63, 3.8) is 0 Å². The van der Waals surface area contributed by atoms with Crippen LogP contribution in [0.1, 0.15) is 47.0 Å². The minimum atomic E-state index is -1.21. The molecule has 0 spiro atoms. The van der Waals surface area contributed by atoms with Crippen LogP contribution in [0.5, 0.6) is 0 Å². The number of hydrogen-bond acceptors (Lipinski definition) is 6. The molecule has 3 amide bonds. The fourth-order valence-corrected chi connectivity index (χ4v) is 2.73. The van der Waals surface area contributed by atoms with Gasteiger partial charge in [0.05, 0.1) is 6.54 Å². The molecule has 12 nitrogen and oxygen atoms in total. The average Bonchev–Trinajstić information content (AvgIpc) is 2.70. The second-order valence-electron chi connectivity index (χ2n) is 7.71. The van der Waals surface area contributed by atoms with Crippen molar-refractivity contribution in [3.8, 4) is 0 Å². The van der Waals surface area contributed by atoms with Gasteiger partial charge in [-0.2, -0.15) is 0 Å². The molecule has 0 bridgehead atoms. The SMILES string of the molecule is CCC(C)C(NC(=O)CN)C(=O)NC(C(=O)NC(CCCN=C(N)N)C(=O)O)C(C)C. The Morgan fingerprint density at radius 3 is 2.00 bits per heavy atom. The molecule has 0 saturated carbocycles. The summed E-state index contributed by atoms with van der Waals surface area (Å²) in [6.07, 6.45) is 1.06. The van der Waals surface area contributed by atoms with E-state index in [0.717, 1.165) is 0 Å². The molecule has 4 atom stereocenters. The van der Waals surface area contributed by atoms with Gasteiger partial charge in [-0.15, -0.1) is 0 Å². The first-order valence-corrected chi connectivity index (χ1v) is 10.3. The molecular weight excluding hydrogens is 406 g/mol. The van der Waals surface area contributed by atoms with E-state index in [1.165, 1.54) is 0 Å². The fourth-order valence-electron chi connectivity index (χ4n) is 2.73. The minimum absolute atomic E-state index is 0.101. The molecule has 0 radical (unpaired) electrons. The number of rotatable bonds is 14. The average molecular weight is 444 g/mol. The monoisotopic (exact) mass is 443 g/mol. The highest BCUT2D eigenvalue weighted by atomic mass is 16.4. The molecule has 4 unspecified atom stereocenters. The van der Waals surface area contributed by atoms with Gasteiger partial charge in [-0.3, -0.25) is 19.4 Å². The molecule has 0 aromatic heterocycles. The van der Waals surface area contributed by atoms with Crippen molar-refractivity contribution < 1.29 is 24.3 Å². The lowest BCUT2D eigenvalue weighted by Gasteiger charge is -2.28. The summed E-state index contributed by atoms with van der Waals surface area (Å²) < 4.78 is 0. The number of amides is 3. The Bertz CT molecular complexity index is 650. The number of nitrogens with zero attached hydrogens (tertiary/aromatic N) is 1. The zero-order chi connectivity index (χ0) is 24.1. The van der Waals surface area contributed by atoms with Gasteiger partial charge in [0, 0.05) is 6.54 Å². The van der Waals surface area contributed by atoms with E-state index in [9.17, 15) is 24.3 Å². The van der Waals surface area contributed by atoms with E-state index >= 15 is 0 Å². The summed E-state index contributed by atoms with van der Waals surface area (Å²) in [5, 5.41) is 17.1. The smallest absolute Gasteiger partial charge is 0.326 e. The van der Waals surface area contributed by atoms with E-state index in [0.29, 0.717) is 12.8 Å². The summed E-state index contributed by atoms with van der Waals surface area (Å²) in [6, 6.07) is -3.03. The summed E-state index contributed by atoms with van der Waals surface area (Å²) in [5.41, 5.74) is 15.8. The number of carbonyl (C=O) groups is 4. The molecule has 178 valence electrons. The molecule has 0 fully saturated rings. The van der Waals surface area contributed by atoms with Crippen molar-refractivity contribution in [1.82, 2.24) is 16.0 Å². The molecule has 0 aliphatic carbocycles. The van der Waals surface area contributed by atoms with E-state index in [1.807, 2.05) is 6.92 Å². The molecule has 0 aromatic carbocycles. The molecule has 31 heavy (non-hydrogen) atoms. The first-order valence-electron chi connectivity index (χ1n) is 10.3. The van der Waals surface area contributed by atoms with Crippen LogP contribution in [0.3, 0.4) is 0 Å². The van der Waals surface area contributed by atoms with Gasteiger partial charge in [-0.25, -0.2) is 4.79 Å². The normalized spacial score (nSPS) is 14.6. The minimum Gasteiger partial charge on any atom is -0.480 e. The Morgan fingerprint density at radius 1 is 0.968 bits per heavy atom. The van der Waals surface area contributed by atoms with E-state index in [-0.39, 0.29) is 37.3 Å². The third-order valence-electron chi connectivity index (χ3n) is 4.80. The quantitative estimate of drug-likeness (QED) is 0.0924. The third kappa shape index (κ3) is 10.6. The van der Waals surface area contributed by atoms with Crippen molar-refractivity contribution in [2.24, 2.45) is 34.0 Å². The highest BCUT2D eigenvalue weighted by Gasteiger charge is 2.32. The topological polar surface area (TPSA) is 215 Å². The largest absolute Gasteiger partial charge is 0.480 e. The Morgan fingerprint density at radius 2 is 1.55 bits per heavy atom. The number of carboxylic acid groups (broad SMARTS) is 1. The third-order valence-corrected chi connectivity index (χ3v) is 4.80. The number of aliphatic carboxylic acids is 1. The van der Waals surface area contributed by atoms with Crippen LogP contribution in [0.15, 0.2) is 4.99 Å². The summed E-state index contributed by atoms with van der Waals surface area (Å²) >= 11 is 0. The van der Waals surface area contributed by atoms with Crippen LogP contribution >= 0.6 is 0 Å². The van der Waals surface area contributed by atoms with Gasteiger partial charge in [-0.05, 0) is 24.7 Å². The van der Waals surface area contributed by atoms with Crippen LogP contribution in [-0.4, -0.2) is 66.0 Å². The predicted octanol–water partition coefficient (Wildman–Crippen LogP) is -1.76. The fraction of sp³-hybridized carbons (Fsp3) is 0.737. The second kappa shape index (κ2) is 14.2. The number of nitrogens with two attached hydrogens (primary N) is 3. The summed E-state index contributed by atoms with van der Waals surface area (Å²) in [5.74, 6) is -3.50. The van der Waals surface area contributed by atoms with Crippen LogP contribution in [0.2, 0.25) is 0 Å². The van der Waals surface area contributed by atoms with Gasteiger partial charge in [0.25, 0.3) is 0 Å². The Labute approximate surface area is 182 Å². The highest BCUT2D eigenvalue weighted by molar-refractivity contribution is 5.93. The van der Waals surface area contributed by atoms with Gasteiger partial charge >= 0.3 is 5.97 Å². The van der Waals surface area contributed by atoms with Crippen LogP contribution < -0.4 is 33.2 Å². The van der Waals surface area contributed by atoms with Crippen LogP contribution in [0.25, 0.3) is 0 Å². The van der Waals surface area contributed by atoms with E-state index in [4.69, 9.17) is 17.2 Å². The van der Waals surface area contributed by atoms with E-state index in [2.05, 4.69) is 20.9 Å². The number of carboxylic acids is 1. The maximum atomic E-state index is 12.8. The van der Waals surface area contributed by atoms with Crippen molar-refractivity contribution in [2.45, 2.75) is 65.1 Å². The predicted molar refractivity (Wildman–Crippen MR) is 117 cm³/mol. The van der Waals surface area contributed by atoms with Gasteiger partial charge in [0.1, 0.15) is 18.1 Å². The summed E-state index contributed by atoms with van der Waals surface area (Å²) in [7, 11) is 0. The number of guanidine groups is 1. The van der Waals surface area contributed by atoms with E-state index in [1.54, 1.807) is 20.8 Å². The van der Waals surface area contributed by atoms with Crippen LogP contribution in [0.4, 0.5) is 0 Å². The van der Waals surface area contributed by atoms with Crippen molar-refractivity contribution in [1.29, 1.82) is 0 Å². The number of carbonyl (C=O) groups excluding carboxylic acids is 3. The first kappa shape index (κ1) is 28.1. The molecular formula is C19H37N7O5. The molecule has 12 heteroatoms. The summed E-state index contributed by atoms with van der Waals surface area (Å²) in [6.45, 7) is 7.05. The van der Waals surface area contributed by atoms with Crippen LogP contribution in [-0.2, 0) is 19.2 Å². The summed E-state index contributed by atoms with van der Waals surface area (Å²) in [4.78, 5) is 52.6. The van der Waals surface area contributed by atoms with Gasteiger partial charge in [0.2, 0.25) is 17.7 Å². The van der Waals surface area contributed by atoms with Gasteiger partial charge < -0.3 is 38.3 Å². The molecule has 0 aliphatic rings. The molecule has 0 saturated heterocycles. The van der Waals surface area contributed by atoms with Crippen LogP contribution in [0, 0.1) is 11.8 Å². The molecule has 0 rings (SSSR count). The van der Waals surface area contributed by atoms with Gasteiger partial charge in [-0.1, -0.05) is 34.1 Å². The van der Waals surface area contributed by atoms with Crippen molar-refractivity contribution >= 4 is 29.7 Å². The first-order chi connectivity index (χ1) is 14.4. The van der Waals surface area contributed by atoms with E-state index < -0.39 is 41.8 Å². The number of aliphatic imine (C=N–C) groups is 1. The molecule has 10 N–H and O–H groups in total. The Hall–Kier alpha value is -2.89. The second-order valence-corrected chi connectivity index (χ2v) is 7.71. The van der Waals surface area contributed by atoms with Gasteiger partial charge in [0.15, 0.2) is 5.96 Å². The highest BCUT2D eigenvalue weighted by Crippen LogP contribution is 2.11. The molecule has 0 aromatic rings. The molecule has 0 aliphatic heterocycles. The zero-order valence-electron chi connectivity index (χ0n) is 18.7. The lowest BCUT2D eigenvalue weighted by atomic mass is 9.96. The Balaban J connectivity index is 5.26. The zero-order valence-corrected chi connectivity index (χ0v) is 18.7. The van der Waals surface area contributed by atoms with Crippen molar-refractivity contribution in [3.05, 3.63) is 0 Å². The van der Waals surface area contributed by atoms with Crippen molar-refractivity contribution in [2.75, 3.05) is 13.1 Å². The maximum Gasteiger partial charge on any atom is 0.326 e. The lowest BCUT2D eigenvalue weighted by Crippen LogP contribution is -2.59. The number of hydrogen-bond donors (Lipinski definition) is 7. The Kier molecular flexibility index (Phi) is 12.9. The maximum absolute atomic E-state index is 12.8. The lowest BCUT2D eigenvalue weighted by molar-refractivity contribution is -0.142. The number of nitrogens with one attached hydrogen (secondary N) is 3. The molecule has 0 heterocycles. The standard InChI is InChI=1S/C19H37N7O5/c1-5-11(4)15(25-13(27)9-20)17(29)26-14(10(2)3)16(28)24-12(18(30)31)7-6-8-23-19(21)22/h10-12,14-15H,5-9,20H2,1-4H3,(H,24,28)(H,25,27)(H,26,29)(H,30,31)(H4,21,22,23).